The van der Waals surface area contributed by atoms with Crippen LogP contribution in [0.2, 0.25) is 0 Å². The van der Waals surface area contributed by atoms with Gasteiger partial charge in [0.05, 0.1) is 22.5 Å². The normalized spacial score (nSPS) is 11.3. The SMILES string of the molecule is CC(C#N)CNC(=O)c1cc([N+](=O)[O-])ccc1N(C)C. The Morgan fingerprint density at radius 3 is 2.70 bits per heavy atom. The Balaban J connectivity index is 3.06. The first-order valence-corrected chi connectivity index (χ1v) is 6.00. The molecule has 0 heterocycles. The molecule has 1 unspecified atom stereocenters. The number of benzene rings is 1. The second kappa shape index (κ2) is 6.52. The van der Waals surface area contributed by atoms with Gasteiger partial charge in [-0.05, 0) is 13.0 Å². The molecule has 1 atom stereocenters. The molecule has 106 valence electrons. The van der Waals surface area contributed by atoms with Crippen molar-refractivity contribution in [3.63, 3.8) is 0 Å². The summed E-state index contributed by atoms with van der Waals surface area (Å²) < 4.78 is 0. The number of non-ortho nitro benzene ring substituents is 1. The zero-order valence-corrected chi connectivity index (χ0v) is 11.6. The van der Waals surface area contributed by atoms with Gasteiger partial charge in [0.2, 0.25) is 0 Å². The fraction of sp³-hybridized carbons (Fsp3) is 0.385. The van der Waals surface area contributed by atoms with Crippen LogP contribution in [0.15, 0.2) is 18.2 Å². The Morgan fingerprint density at radius 1 is 1.55 bits per heavy atom. The highest BCUT2D eigenvalue weighted by molar-refractivity contribution is 6.00. The summed E-state index contributed by atoms with van der Waals surface area (Å²) in [4.78, 5) is 24.0. The number of nitrogens with one attached hydrogen (secondary N) is 1. The second-order valence-electron chi connectivity index (χ2n) is 4.59. The first kappa shape index (κ1) is 15.4. The molecule has 0 spiro atoms. The van der Waals surface area contributed by atoms with Crippen LogP contribution in [0.1, 0.15) is 17.3 Å². The van der Waals surface area contributed by atoms with E-state index in [1.165, 1.54) is 18.2 Å². The third-order valence-electron chi connectivity index (χ3n) is 2.71. The van der Waals surface area contributed by atoms with Crippen LogP contribution >= 0.6 is 0 Å². The summed E-state index contributed by atoms with van der Waals surface area (Å²) in [6.07, 6.45) is 0. The van der Waals surface area contributed by atoms with Crippen LogP contribution in [0, 0.1) is 27.4 Å². The van der Waals surface area contributed by atoms with Gasteiger partial charge >= 0.3 is 0 Å². The molecule has 7 nitrogen and oxygen atoms in total. The van der Waals surface area contributed by atoms with Crippen LogP contribution in [0.4, 0.5) is 11.4 Å². The molecule has 1 amide bonds. The first-order chi connectivity index (χ1) is 9.36. The maximum absolute atomic E-state index is 12.1. The minimum atomic E-state index is -0.547. The van der Waals surface area contributed by atoms with Crippen molar-refractivity contribution in [2.45, 2.75) is 6.92 Å². The largest absolute Gasteiger partial charge is 0.377 e. The maximum atomic E-state index is 12.1. The van der Waals surface area contributed by atoms with Gasteiger partial charge in [0, 0.05) is 38.5 Å². The molecule has 7 heteroatoms. The van der Waals surface area contributed by atoms with Gasteiger partial charge in [0.1, 0.15) is 0 Å². The molecule has 0 aliphatic heterocycles. The number of nitro groups is 1. The number of nitro benzene ring substituents is 1. The van der Waals surface area contributed by atoms with Gasteiger partial charge in [-0.3, -0.25) is 14.9 Å². The van der Waals surface area contributed by atoms with Gasteiger partial charge in [-0.25, -0.2) is 0 Å². The average Bonchev–Trinajstić information content (AvgIpc) is 2.43. The fourth-order valence-corrected chi connectivity index (χ4v) is 1.60. The monoisotopic (exact) mass is 276 g/mol. The molecule has 1 aromatic rings. The van der Waals surface area contributed by atoms with Crippen molar-refractivity contribution < 1.29 is 9.72 Å². The number of nitrogens with zero attached hydrogens (tertiary/aromatic N) is 3. The van der Waals surface area contributed by atoms with Crippen molar-refractivity contribution in [1.29, 1.82) is 5.26 Å². The highest BCUT2D eigenvalue weighted by Gasteiger charge is 2.18. The topological polar surface area (TPSA) is 99.3 Å². The molecule has 0 aliphatic rings. The van der Waals surface area contributed by atoms with Crippen molar-refractivity contribution in [3.8, 4) is 6.07 Å². The molecule has 0 saturated carbocycles. The zero-order valence-electron chi connectivity index (χ0n) is 11.6. The third-order valence-corrected chi connectivity index (χ3v) is 2.71. The van der Waals surface area contributed by atoms with Crippen LogP contribution in [0.3, 0.4) is 0 Å². The minimum absolute atomic E-state index is 0.144. The Kier molecular flexibility index (Phi) is 5.03. The summed E-state index contributed by atoms with van der Waals surface area (Å²) in [7, 11) is 3.49. The molecular weight excluding hydrogens is 260 g/mol. The highest BCUT2D eigenvalue weighted by Crippen LogP contribution is 2.24. The van der Waals surface area contributed by atoms with Crippen molar-refractivity contribution >= 4 is 17.3 Å². The standard InChI is InChI=1S/C13H16N4O3/c1-9(7-14)8-15-13(18)11-6-10(17(19)20)4-5-12(11)16(2)3/h4-6,9H,8H2,1-3H3,(H,15,18). The van der Waals surface area contributed by atoms with Crippen molar-refractivity contribution in [2.75, 3.05) is 25.5 Å². The van der Waals surface area contributed by atoms with Gasteiger partial charge in [0.15, 0.2) is 0 Å². The predicted molar refractivity (Wildman–Crippen MR) is 74.5 cm³/mol. The molecule has 0 aromatic heterocycles. The molecule has 0 aliphatic carbocycles. The lowest BCUT2D eigenvalue weighted by Crippen LogP contribution is -2.29. The van der Waals surface area contributed by atoms with Crippen LogP contribution < -0.4 is 10.2 Å². The minimum Gasteiger partial charge on any atom is -0.377 e. The van der Waals surface area contributed by atoms with Crippen molar-refractivity contribution in [2.24, 2.45) is 5.92 Å². The molecule has 20 heavy (non-hydrogen) atoms. The number of hydrogen-bond acceptors (Lipinski definition) is 5. The number of hydrogen-bond donors (Lipinski definition) is 1. The van der Waals surface area contributed by atoms with E-state index in [4.69, 9.17) is 5.26 Å². The van der Waals surface area contributed by atoms with Gasteiger partial charge < -0.3 is 10.2 Å². The van der Waals surface area contributed by atoms with Crippen LogP contribution in [0.5, 0.6) is 0 Å². The molecule has 0 saturated heterocycles. The molecule has 0 radical (unpaired) electrons. The lowest BCUT2D eigenvalue weighted by molar-refractivity contribution is -0.384. The summed E-state index contributed by atoms with van der Waals surface area (Å²) in [5.41, 5.74) is 0.654. The number of rotatable bonds is 5. The summed E-state index contributed by atoms with van der Waals surface area (Å²) >= 11 is 0. The van der Waals surface area contributed by atoms with Crippen LogP contribution in [0.25, 0.3) is 0 Å². The summed E-state index contributed by atoms with van der Waals surface area (Å²) in [6, 6.07) is 6.12. The number of carbonyl (C=O) groups is 1. The molecule has 1 N–H and O–H groups in total. The number of nitriles is 1. The quantitative estimate of drug-likeness (QED) is 0.649. The van der Waals surface area contributed by atoms with Crippen LogP contribution in [-0.4, -0.2) is 31.5 Å². The highest BCUT2D eigenvalue weighted by atomic mass is 16.6. The Labute approximate surface area is 117 Å². The van der Waals surface area contributed by atoms with E-state index in [9.17, 15) is 14.9 Å². The van der Waals surface area contributed by atoms with E-state index in [1.807, 2.05) is 6.07 Å². The Bertz CT molecular complexity index is 563. The zero-order chi connectivity index (χ0) is 15.3. The first-order valence-electron chi connectivity index (χ1n) is 6.00. The van der Waals surface area contributed by atoms with Gasteiger partial charge in [0.25, 0.3) is 11.6 Å². The van der Waals surface area contributed by atoms with Gasteiger partial charge in [-0.1, -0.05) is 0 Å². The molecular formula is C13H16N4O3. The lowest BCUT2D eigenvalue weighted by Gasteiger charge is -2.17. The van der Waals surface area contributed by atoms with Crippen molar-refractivity contribution in [3.05, 3.63) is 33.9 Å². The maximum Gasteiger partial charge on any atom is 0.270 e. The second-order valence-corrected chi connectivity index (χ2v) is 4.59. The Hall–Kier alpha value is -2.62. The average molecular weight is 276 g/mol. The molecule has 0 fully saturated rings. The van der Waals surface area contributed by atoms with E-state index in [0.717, 1.165) is 0 Å². The van der Waals surface area contributed by atoms with E-state index in [2.05, 4.69) is 5.32 Å². The van der Waals surface area contributed by atoms with Gasteiger partial charge in [-0.2, -0.15) is 5.26 Å². The van der Waals surface area contributed by atoms with E-state index in [-0.39, 0.29) is 23.7 Å². The van der Waals surface area contributed by atoms with Crippen molar-refractivity contribution in [1.82, 2.24) is 5.32 Å². The third kappa shape index (κ3) is 3.68. The predicted octanol–water partition coefficient (Wildman–Crippen LogP) is 1.55. The Morgan fingerprint density at radius 2 is 2.20 bits per heavy atom. The lowest BCUT2D eigenvalue weighted by atomic mass is 10.1. The smallest absolute Gasteiger partial charge is 0.270 e. The molecule has 1 rings (SSSR count). The fourth-order valence-electron chi connectivity index (χ4n) is 1.60. The van der Waals surface area contributed by atoms with E-state index in [0.29, 0.717) is 5.69 Å². The summed E-state index contributed by atoms with van der Waals surface area (Å²) in [5.74, 6) is -0.750. The number of amides is 1. The van der Waals surface area contributed by atoms with E-state index < -0.39 is 10.8 Å². The van der Waals surface area contributed by atoms with E-state index >= 15 is 0 Å². The molecule has 1 aromatic carbocycles. The summed E-state index contributed by atoms with van der Waals surface area (Å²) in [6.45, 7) is 1.88. The van der Waals surface area contributed by atoms with Gasteiger partial charge in [-0.15, -0.1) is 0 Å². The number of carbonyl (C=O) groups excluding carboxylic acids is 1. The molecule has 0 bridgehead atoms. The summed E-state index contributed by atoms with van der Waals surface area (Å²) in [5, 5.41) is 22.1. The van der Waals surface area contributed by atoms with E-state index in [1.54, 1.807) is 25.9 Å². The number of anilines is 1. The van der Waals surface area contributed by atoms with Crippen LogP contribution in [-0.2, 0) is 0 Å².